The SMILES string of the molecule is CCc1ccc(O)c(C(=O)NCCc2ccc(OC)cc2OC)c1. The molecule has 2 rings (SSSR count). The van der Waals surface area contributed by atoms with E-state index in [0.29, 0.717) is 18.5 Å². The number of nitrogens with one attached hydrogen (secondary N) is 1. The minimum Gasteiger partial charge on any atom is -0.507 e. The van der Waals surface area contributed by atoms with Crippen LogP contribution < -0.4 is 14.8 Å². The van der Waals surface area contributed by atoms with E-state index in [4.69, 9.17) is 9.47 Å². The maximum absolute atomic E-state index is 12.3. The van der Waals surface area contributed by atoms with Crippen LogP contribution in [0.4, 0.5) is 0 Å². The zero-order chi connectivity index (χ0) is 17.5. The first-order chi connectivity index (χ1) is 11.6. The summed E-state index contributed by atoms with van der Waals surface area (Å²) in [5.41, 5.74) is 2.29. The number of carbonyl (C=O) groups is 1. The smallest absolute Gasteiger partial charge is 0.255 e. The second-order valence-electron chi connectivity index (χ2n) is 5.39. The van der Waals surface area contributed by atoms with Crippen molar-refractivity contribution in [1.29, 1.82) is 0 Å². The van der Waals surface area contributed by atoms with Crippen molar-refractivity contribution in [2.75, 3.05) is 20.8 Å². The van der Waals surface area contributed by atoms with Crippen LogP contribution in [0.2, 0.25) is 0 Å². The van der Waals surface area contributed by atoms with Gasteiger partial charge in [-0.2, -0.15) is 0 Å². The number of ether oxygens (including phenoxy) is 2. The number of phenols is 1. The van der Waals surface area contributed by atoms with Crippen molar-refractivity contribution in [1.82, 2.24) is 5.32 Å². The molecule has 128 valence electrons. The van der Waals surface area contributed by atoms with E-state index in [9.17, 15) is 9.90 Å². The summed E-state index contributed by atoms with van der Waals surface area (Å²) in [4.78, 5) is 12.3. The molecule has 5 nitrogen and oxygen atoms in total. The summed E-state index contributed by atoms with van der Waals surface area (Å²) in [6.07, 6.45) is 1.43. The van der Waals surface area contributed by atoms with Crippen molar-refractivity contribution in [3.8, 4) is 17.2 Å². The highest BCUT2D eigenvalue weighted by Crippen LogP contribution is 2.25. The van der Waals surface area contributed by atoms with Crippen LogP contribution >= 0.6 is 0 Å². The molecule has 0 aromatic heterocycles. The minimum absolute atomic E-state index is 0.00766. The predicted molar refractivity (Wildman–Crippen MR) is 93.1 cm³/mol. The van der Waals surface area contributed by atoms with Crippen LogP contribution in [0.5, 0.6) is 17.2 Å². The largest absolute Gasteiger partial charge is 0.507 e. The molecule has 0 radical (unpaired) electrons. The monoisotopic (exact) mass is 329 g/mol. The topological polar surface area (TPSA) is 67.8 Å². The Labute approximate surface area is 142 Å². The fourth-order valence-electron chi connectivity index (χ4n) is 2.45. The van der Waals surface area contributed by atoms with Gasteiger partial charge in [0.25, 0.3) is 5.91 Å². The van der Waals surface area contributed by atoms with Gasteiger partial charge in [0.05, 0.1) is 19.8 Å². The van der Waals surface area contributed by atoms with Crippen LogP contribution in [0.25, 0.3) is 0 Å². The summed E-state index contributed by atoms with van der Waals surface area (Å²) >= 11 is 0. The molecule has 24 heavy (non-hydrogen) atoms. The molecule has 2 aromatic carbocycles. The van der Waals surface area contributed by atoms with Gasteiger partial charge in [-0.15, -0.1) is 0 Å². The van der Waals surface area contributed by atoms with Crippen molar-refractivity contribution in [2.45, 2.75) is 19.8 Å². The molecule has 0 spiro atoms. The molecule has 2 N–H and O–H groups in total. The van der Waals surface area contributed by atoms with Crippen LogP contribution in [0.1, 0.15) is 28.4 Å². The van der Waals surface area contributed by atoms with E-state index >= 15 is 0 Å². The number of hydrogen-bond donors (Lipinski definition) is 2. The summed E-state index contributed by atoms with van der Waals surface area (Å²) in [6, 6.07) is 10.7. The van der Waals surface area contributed by atoms with E-state index < -0.39 is 0 Å². The van der Waals surface area contributed by atoms with Gasteiger partial charge < -0.3 is 19.9 Å². The first kappa shape index (κ1) is 17.7. The summed E-state index contributed by atoms with van der Waals surface area (Å²) in [6.45, 7) is 2.45. The summed E-state index contributed by atoms with van der Waals surface area (Å²) in [5.74, 6) is 1.15. The van der Waals surface area contributed by atoms with E-state index in [1.807, 2.05) is 31.2 Å². The lowest BCUT2D eigenvalue weighted by molar-refractivity contribution is 0.0951. The van der Waals surface area contributed by atoms with Gasteiger partial charge in [0.2, 0.25) is 0 Å². The molecule has 0 unspecified atom stereocenters. The maximum atomic E-state index is 12.3. The Morgan fingerprint density at radius 3 is 2.58 bits per heavy atom. The van der Waals surface area contributed by atoms with Crippen LogP contribution in [0, 0.1) is 0 Å². The first-order valence-electron chi connectivity index (χ1n) is 7.90. The number of amides is 1. The molecule has 0 atom stereocenters. The minimum atomic E-state index is -0.282. The number of methoxy groups -OCH3 is 2. The second kappa shape index (κ2) is 8.24. The van der Waals surface area contributed by atoms with E-state index in [0.717, 1.165) is 29.0 Å². The van der Waals surface area contributed by atoms with Crippen molar-refractivity contribution in [2.24, 2.45) is 0 Å². The zero-order valence-corrected chi connectivity index (χ0v) is 14.3. The molecule has 0 fully saturated rings. The highest BCUT2D eigenvalue weighted by Gasteiger charge is 2.12. The number of hydrogen-bond acceptors (Lipinski definition) is 4. The second-order valence-corrected chi connectivity index (χ2v) is 5.39. The molecule has 5 heteroatoms. The predicted octanol–water partition coefficient (Wildman–Crippen LogP) is 2.94. The van der Waals surface area contributed by atoms with E-state index in [1.54, 1.807) is 26.4 Å². The summed E-state index contributed by atoms with van der Waals surface area (Å²) in [5, 5.41) is 12.7. The molecule has 0 bridgehead atoms. The average molecular weight is 329 g/mol. The van der Waals surface area contributed by atoms with Crippen LogP contribution in [0.3, 0.4) is 0 Å². The highest BCUT2D eigenvalue weighted by atomic mass is 16.5. The highest BCUT2D eigenvalue weighted by molar-refractivity contribution is 5.97. The standard InChI is InChI=1S/C19H23NO4/c1-4-13-5-8-17(21)16(11-13)19(22)20-10-9-14-6-7-15(23-2)12-18(14)24-3/h5-8,11-12,21H,4,9-10H2,1-3H3,(H,20,22). The Bertz CT molecular complexity index is 713. The van der Waals surface area contributed by atoms with Gasteiger partial charge in [-0.3, -0.25) is 4.79 Å². The molecule has 0 saturated carbocycles. The fourth-order valence-corrected chi connectivity index (χ4v) is 2.45. The lowest BCUT2D eigenvalue weighted by atomic mass is 10.1. The number of phenolic OH excluding ortho intramolecular Hbond substituents is 1. The van der Waals surface area contributed by atoms with Gasteiger partial charge in [-0.25, -0.2) is 0 Å². The van der Waals surface area contributed by atoms with E-state index in [2.05, 4.69) is 5.32 Å². The van der Waals surface area contributed by atoms with Gasteiger partial charge in [0.15, 0.2) is 0 Å². The molecule has 0 aliphatic carbocycles. The molecule has 2 aromatic rings. The number of aromatic hydroxyl groups is 1. The van der Waals surface area contributed by atoms with Crippen LogP contribution in [0.15, 0.2) is 36.4 Å². The number of rotatable bonds is 7. The van der Waals surface area contributed by atoms with Gasteiger partial charge in [-0.05, 0) is 42.2 Å². The van der Waals surface area contributed by atoms with Crippen LogP contribution in [-0.2, 0) is 12.8 Å². The lowest BCUT2D eigenvalue weighted by Crippen LogP contribution is -2.26. The normalized spacial score (nSPS) is 10.3. The van der Waals surface area contributed by atoms with Crippen LogP contribution in [-0.4, -0.2) is 31.8 Å². The molecule has 0 aliphatic rings. The Balaban J connectivity index is 2.00. The number of benzene rings is 2. The lowest BCUT2D eigenvalue weighted by Gasteiger charge is -2.12. The quantitative estimate of drug-likeness (QED) is 0.819. The Kier molecular flexibility index (Phi) is 6.07. The Hall–Kier alpha value is -2.69. The molecule has 0 heterocycles. The van der Waals surface area contributed by atoms with Crippen molar-refractivity contribution in [3.63, 3.8) is 0 Å². The third-order valence-corrected chi connectivity index (χ3v) is 3.89. The van der Waals surface area contributed by atoms with Gasteiger partial charge in [-0.1, -0.05) is 19.1 Å². The third kappa shape index (κ3) is 4.19. The summed E-state index contributed by atoms with van der Waals surface area (Å²) in [7, 11) is 3.21. The summed E-state index contributed by atoms with van der Waals surface area (Å²) < 4.78 is 10.5. The maximum Gasteiger partial charge on any atom is 0.255 e. The van der Waals surface area contributed by atoms with E-state index in [1.165, 1.54) is 0 Å². The van der Waals surface area contributed by atoms with E-state index in [-0.39, 0.29) is 11.7 Å². The average Bonchev–Trinajstić information content (AvgIpc) is 2.62. The van der Waals surface area contributed by atoms with Gasteiger partial charge in [0.1, 0.15) is 17.2 Å². The molecular formula is C19H23NO4. The molecule has 1 amide bonds. The third-order valence-electron chi connectivity index (χ3n) is 3.89. The number of aryl methyl sites for hydroxylation is 1. The van der Waals surface area contributed by atoms with Crippen molar-refractivity contribution in [3.05, 3.63) is 53.1 Å². The molecule has 0 saturated heterocycles. The van der Waals surface area contributed by atoms with Crippen molar-refractivity contribution < 1.29 is 19.4 Å². The Morgan fingerprint density at radius 2 is 1.92 bits per heavy atom. The number of carbonyl (C=O) groups excluding carboxylic acids is 1. The van der Waals surface area contributed by atoms with Crippen molar-refractivity contribution >= 4 is 5.91 Å². The zero-order valence-electron chi connectivity index (χ0n) is 14.3. The van der Waals surface area contributed by atoms with Gasteiger partial charge >= 0.3 is 0 Å². The first-order valence-corrected chi connectivity index (χ1v) is 7.90. The fraction of sp³-hybridized carbons (Fsp3) is 0.316. The molecule has 0 aliphatic heterocycles. The molecular weight excluding hydrogens is 306 g/mol. The van der Waals surface area contributed by atoms with Gasteiger partial charge in [0, 0.05) is 12.6 Å². The Morgan fingerprint density at radius 1 is 1.12 bits per heavy atom.